The number of carbonyl (C=O) groups is 2. The van der Waals surface area contributed by atoms with E-state index in [1.165, 1.54) is 6.20 Å². The van der Waals surface area contributed by atoms with Gasteiger partial charge in [0.1, 0.15) is 5.65 Å². The van der Waals surface area contributed by atoms with Crippen molar-refractivity contribution in [3.05, 3.63) is 54.2 Å². The molecule has 0 bridgehead atoms. The molecule has 3 N–H and O–H groups in total. The van der Waals surface area contributed by atoms with Gasteiger partial charge in [-0.05, 0) is 64.8 Å². The van der Waals surface area contributed by atoms with Crippen LogP contribution in [0.3, 0.4) is 0 Å². The fourth-order valence-corrected chi connectivity index (χ4v) is 5.04. The van der Waals surface area contributed by atoms with E-state index in [0.717, 1.165) is 49.0 Å². The zero-order chi connectivity index (χ0) is 28.3. The molecule has 5 heterocycles. The molecule has 5 rings (SSSR count). The van der Waals surface area contributed by atoms with Crippen LogP contribution in [0, 0.1) is 6.92 Å². The molecule has 4 aromatic rings. The van der Waals surface area contributed by atoms with Gasteiger partial charge in [-0.15, -0.1) is 0 Å². The third kappa shape index (κ3) is 6.21. The first-order valence-electron chi connectivity index (χ1n) is 13.6. The number of anilines is 2. The van der Waals surface area contributed by atoms with Gasteiger partial charge in [0.05, 0.1) is 47.3 Å². The molecule has 40 heavy (non-hydrogen) atoms. The molecule has 1 saturated heterocycles. The highest BCUT2D eigenvalue weighted by atomic mass is 16.5. The predicted molar refractivity (Wildman–Crippen MR) is 154 cm³/mol. The van der Waals surface area contributed by atoms with E-state index in [4.69, 9.17) is 4.74 Å². The summed E-state index contributed by atoms with van der Waals surface area (Å²) in [6, 6.07) is 5.49. The van der Waals surface area contributed by atoms with E-state index >= 15 is 0 Å². The third-order valence-corrected chi connectivity index (χ3v) is 7.44. The van der Waals surface area contributed by atoms with Gasteiger partial charge in [-0.25, -0.2) is 4.98 Å². The van der Waals surface area contributed by atoms with E-state index in [-0.39, 0.29) is 17.4 Å². The smallest absolute Gasteiger partial charge is 0.257 e. The Hall–Kier alpha value is -4.09. The van der Waals surface area contributed by atoms with Crippen LogP contribution in [0.1, 0.15) is 49.2 Å². The van der Waals surface area contributed by atoms with Crippen molar-refractivity contribution in [1.29, 1.82) is 0 Å². The van der Waals surface area contributed by atoms with Gasteiger partial charge in [0.15, 0.2) is 0 Å². The standard InChI is InChI=1S/C29H36N8O3/c1-19-24(13-23(16-30-19)33-26(38)18-36-8-5-7-29(36,2)3)35-28(39)21-11-20-12-25(34-27(20)31-14-21)22-15-32-37(17-22)9-6-10-40-4/h11-17H,5-10,18H2,1-4H3,(H,31,34)(H,33,38)(H,35,39). The van der Waals surface area contributed by atoms with Gasteiger partial charge in [0.2, 0.25) is 5.91 Å². The lowest BCUT2D eigenvalue weighted by molar-refractivity contribution is -0.118. The van der Waals surface area contributed by atoms with Crippen LogP contribution < -0.4 is 10.6 Å². The van der Waals surface area contributed by atoms with E-state index in [0.29, 0.717) is 41.4 Å². The summed E-state index contributed by atoms with van der Waals surface area (Å²) in [4.78, 5) is 40.2. The van der Waals surface area contributed by atoms with Gasteiger partial charge in [-0.2, -0.15) is 5.10 Å². The Morgan fingerprint density at radius 1 is 1.12 bits per heavy atom. The lowest BCUT2D eigenvalue weighted by atomic mass is 10.0. The van der Waals surface area contributed by atoms with Gasteiger partial charge < -0.3 is 20.4 Å². The molecule has 0 radical (unpaired) electrons. The number of ether oxygens (including phenoxy) is 1. The van der Waals surface area contributed by atoms with Crippen molar-refractivity contribution in [1.82, 2.24) is 29.6 Å². The number of fused-ring (bicyclic) bond motifs is 1. The second kappa shape index (κ2) is 11.6. The molecule has 4 aromatic heterocycles. The van der Waals surface area contributed by atoms with E-state index < -0.39 is 0 Å². The Morgan fingerprint density at radius 2 is 1.98 bits per heavy atom. The highest BCUT2D eigenvalue weighted by Gasteiger charge is 2.32. The number of methoxy groups -OCH3 is 1. The van der Waals surface area contributed by atoms with E-state index in [1.54, 1.807) is 31.6 Å². The first kappa shape index (κ1) is 27.5. The van der Waals surface area contributed by atoms with Gasteiger partial charge in [-0.1, -0.05) is 0 Å². The molecular weight excluding hydrogens is 508 g/mol. The van der Waals surface area contributed by atoms with Crippen LogP contribution in [0.25, 0.3) is 22.3 Å². The van der Waals surface area contributed by atoms with Crippen molar-refractivity contribution < 1.29 is 14.3 Å². The summed E-state index contributed by atoms with van der Waals surface area (Å²) in [5.74, 6) is -0.411. The van der Waals surface area contributed by atoms with Gasteiger partial charge >= 0.3 is 0 Å². The first-order chi connectivity index (χ1) is 19.2. The number of aryl methyl sites for hydroxylation is 2. The Kier molecular flexibility index (Phi) is 7.95. The van der Waals surface area contributed by atoms with Crippen molar-refractivity contribution >= 4 is 34.2 Å². The number of rotatable bonds is 10. The largest absolute Gasteiger partial charge is 0.385 e. The normalized spacial score (nSPS) is 15.0. The fourth-order valence-electron chi connectivity index (χ4n) is 5.04. The highest BCUT2D eigenvalue weighted by molar-refractivity contribution is 6.06. The second-order valence-corrected chi connectivity index (χ2v) is 10.9. The predicted octanol–water partition coefficient (Wildman–Crippen LogP) is 4.23. The average molecular weight is 545 g/mol. The molecular formula is C29H36N8O3. The molecule has 210 valence electrons. The highest BCUT2D eigenvalue weighted by Crippen LogP contribution is 2.28. The summed E-state index contributed by atoms with van der Waals surface area (Å²) >= 11 is 0. The monoisotopic (exact) mass is 544 g/mol. The Morgan fingerprint density at radius 3 is 2.75 bits per heavy atom. The molecule has 0 aromatic carbocycles. The van der Waals surface area contributed by atoms with Gasteiger partial charge in [-0.3, -0.25) is 24.2 Å². The topological polar surface area (TPSA) is 130 Å². The van der Waals surface area contributed by atoms with Crippen molar-refractivity contribution in [2.45, 2.75) is 52.1 Å². The fraction of sp³-hybridized carbons (Fsp3) is 0.414. The summed E-state index contributed by atoms with van der Waals surface area (Å²) in [5, 5.41) is 11.1. The molecule has 1 fully saturated rings. The van der Waals surface area contributed by atoms with Crippen LogP contribution in [0.4, 0.5) is 11.4 Å². The van der Waals surface area contributed by atoms with Crippen LogP contribution >= 0.6 is 0 Å². The van der Waals surface area contributed by atoms with Crippen LogP contribution in [-0.2, 0) is 16.1 Å². The number of hydrogen-bond acceptors (Lipinski definition) is 7. The minimum Gasteiger partial charge on any atom is -0.385 e. The van der Waals surface area contributed by atoms with Crippen molar-refractivity contribution in [3.63, 3.8) is 0 Å². The Labute approximate surface area is 233 Å². The molecule has 0 unspecified atom stereocenters. The van der Waals surface area contributed by atoms with E-state index in [1.807, 2.05) is 23.9 Å². The van der Waals surface area contributed by atoms with Crippen LogP contribution in [-0.4, -0.2) is 73.8 Å². The maximum absolute atomic E-state index is 13.1. The number of hydrogen-bond donors (Lipinski definition) is 3. The van der Waals surface area contributed by atoms with E-state index in [9.17, 15) is 9.59 Å². The lowest BCUT2D eigenvalue weighted by Crippen LogP contribution is -2.42. The molecule has 2 amide bonds. The Balaban J connectivity index is 1.25. The number of aromatic nitrogens is 5. The van der Waals surface area contributed by atoms with Crippen LogP contribution in [0.15, 0.2) is 43.0 Å². The third-order valence-electron chi connectivity index (χ3n) is 7.44. The summed E-state index contributed by atoms with van der Waals surface area (Å²) in [7, 11) is 1.69. The van der Waals surface area contributed by atoms with Crippen molar-refractivity contribution in [2.24, 2.45) is 0 Å². The molecule has 11 nitrogen and oxygen atoms in total. The minimum absolute atomic E-state index is 0.0173. The zero-order valence-electron chi connectivity index (χ0n) is 23.5. The molecule has 0 saturated carbocycles. The second-order valence-electron chi connectivity index (χ2n) is 10.9. The van der Waals surface area contributed by atoms with Crippen molar-refractivity contribution in [2.75, 3.05) is 37.4 Å². The van der Waals surface area contributed by atoms with Gasteiger partial charge in [0, 0.05) is 49.1 Å². The minimum atomic E-state index is -0.310. The number of nitrogens with zero attached hydrogens (tertiary/aromatic N) is 5. The average Bonchev–Trinajstić information content (AvgIpc) is 3.64. The van der Waals surface area contributed by atoms with Crippen LogP contribution in [0.5, 0.6) is 0 Å². The molecule has 0 spiro atoms. The number of H-pyrrole nitrogens is 1. The molecule has 0 aliphatic carbocycles. The number of nitrogens with one attached hydrogen (secondary N) is 3. The maximum Gasteiger partial charge on any atom is 0.257 e. The first-order valence-corrected chi connectivity index (χ1v) is 13.6. The number of carbonyl (C=O) groups excluding carboxylic acids is 2. The number of aromatic amines is 1. The van der Waals surface area contributed by atoms with Crippen molar-refractivity contribution in [3.8, 4) is 11.3 Å². The SMILES string of the molecule is COCCCn1cc(-c2cc3cc(C(=O)Nc4cc(NC(=O)CN5CCCC5(C)C)cnc4C)cnc3[nH]2)cn1. The quantitative estimate of drug-likeness (QED) is 0.255. The maximum atomic E-state index is 13.1. The summed E-state index contributed by atoms with van der Waals surface area (Å²) < 4.78 is 6.99. The zero-order valence-corrected chi connectivity index (χ0v) is 23.5. The number of amides is 2. The summed E-state index contributed by atoms with van der Waals surface area (Å²) in [5.41, 5.74) is 4.64. The van der Waals surface area contributed by atoms with Gasteiger partial charge in [0.25, 0.3) is 5.91 Å². The number of likely N-dealkylation sites (tertiary alicyclic amines) is 1. The van der Waals surface area contributed by atoms with E-state index in [2.05, 4.69) is 49.4 Å². The summed E-state index contributed by atoms with van der Waals surface area (Å²) in [6.45, 7) is 8.81. The van der Waals surface area contributed by atoms with Crippen LogP contribution in [0.2, 0.25) is 0 Å². The summed E-state index contributed by atoms with van der Waals surface area (Å²) in [6.07, 6.45) is 9.97. The molecule has 1 aliphatic rings. The molecule has 11 heteroatoms. The Bertz CT molecular complexity index is 1520. The lowest BCUT2D eigenvalue weighted by Gasteiger charge is -2.30. The molecule has 0 atom stereocenters. The molecule has 1 aliphatic heterocycles. The number of pyridine rings is 2.